The van der Waals surface area contributed by atoms with Gasteiger partial charge in [-0.3, -0.25) is 4.79 Å². The molecule has 0 bridgehead atoms. The van der Waals surface area contributed by atoms with Gasteiger partial charge in [0.05, 0.1) is 5.56 Å². The first-order valence-corrected chi connectivity index (χ1v) is 8.82. The van der Waals surface area contributed by atoms with Gasteiger partial charge in [-0.2, -0.15) is 4.99 Å². The summed E-state index contributed by atoms with van der Waals surface area (Å²) in [6.07, 6.45) is 4.49. The lowest BCUT2D eigenvalue weighted by Crippen LogP contribution is -2.34. The van der Waals surface area contributed by atoms with E-state index in [1.54, 1.807) is 30.2 Å². The number of amidine groups is 1. The minimum Gasteiger partial charge on any atom is -0.346 e. The average Bonchev–Trinajstić information content (AvgIpc) is 3.11. The van der Waals surface area contributed by atoms with Crippen molar-refractivity contribution >= 4 is 39.6 Å². The zero-order chi connectivity index (χ0) is 16.4. The summed E-state index contributed by atoms with van der Waals surface area (Å²) >= 11 is 1.63. The molecule has 0 saturated carbocycles. The molecule has 0 spiro atoms. The highest BCUT2D eigenvalue weighted by Gasteiger charge is 2.21. The van der Waals surface area contributed by atoms with Crippen LogP contribution >= 0.6 is 11.8 Å². The molecule has 3 heterocycles. The summed E-state index contributed by atoms with van der Waals surface area (Å²) in [4.78, 5) is 26.5. The predicted octanol–water partition coefficient (Wildman–Crippen LogP) is 3.70. The van der Waals surface area contributed by atoms with E-state index in [0.717, 1.165) is 35.0 Å². The van der Waals surface area contributed by atoms with Gasteiger partial charge in [0.2, 0.25) is 0 Å². The molecule has 1 amide bonds. The SMILES string of the molecule is O=C(N=C1SCCCN1c1ccccc1)c1ccnc2[nH]ccc12. The number of fused-ring (bicyclic) bond motifs is 1. The van der Waals surface area contributed by atoms with Gasteiger partial charge in [-0.25, -0.2) is 4.98 Å². The fourth-order valence-corrected chi connectivity index (χ4v) is 3.75. The van der Waals surface area contributed by atoms with Crippen LogP contribution in [0.3, 0.4) is 0 Å². The van der Waals surface area contributed by atoms with Crippen molar-refractivity contribution in [2.24, 2.45) is 4.99 Å². The summed E-state index contributed by atoms with van der Waals surface area (Å²) in [6.45, 7) is 0.874. The highest BCUT2D eigenvalue weighted by Crippen LogP contribution is 2.25. The second kappa shape index (κ2) is 6.49. The number of nitrogens with one attached hydrogen (secondary N) is 1. The van der Waals surface area contributed by atoms with E-state index in [0.29, 0.717) is 11.2 Å². The first-order chi connectivity index (χ1) is 11.8. The summed E-state index contributed by atoms with van der Waals surface area (Å²) in [5.74, 6) is 0.748. The Morgan fingerprint density at radius 3 is 2.96 bits per heavy atom. The van der Waals surface area contributed by atoms with E-state index in [1.165, 1.54) is 0 Å². The van der Waals surface area contributed by atoms with Crippen LogP contribution in [0.4, 0.5) is 5.69 Å². The van der Waals surface area contributed by atoms with Gasteiger partial charge in [0.25, 0.3) is 5.91 Å². The number of carbonyl (C=O) groups excluding carboxylic acids is 1. The van der Waals surface area contributed by atoms with Gasteiger partial charge in [0, 0.05) is 35.8 Å². The Morgan fingerprint density at radius 1 is 1.21 bits per heavy atom. The Balaban J connectivity index is 1.70. The molecule has 1 aliphatic heterocycles. The number of pyridine rings is 1. The molecule has 1 aliphatic rings. The summed E-state index contributed by atoms with van der Waals surface area (Å²) in [5, 5.41) is 1.57. The lowest BCUT2D eigenvalue weighted by atomic mass is 10.2. The van der Waals surface area contributed by atoms with Crippen LogP contribution in [0, 0.1) is 0 Å². The number of aromatic amines is 1. The zero-order valence-corrected chi connectivity index (χ0v) is 13.8. The number of carbonyl (C=O) groups is 1. The first-order valence-electron chi connectivity index (χ1n) is 7.83. The molecule has 0 unspecified atom stereocenters. The van der Waals surface area contributed by atoms with E-state index in [9.17, 15) is 4.79 Å². The second-order valence-corrected chi connectivity index (χ2v) is 6.55. The number of H-pyrrole nitrogens is 1. The Labute approximate surface area is 143 Å². The fourth-order valence-electron chi connectivity index (χ4n) is 2.79. The maximum atomic E-state index is 12.7. The normalized spacial score (nSPS) is 16.7. The van der Waals surface area contributed by atoms with Crippen LogP contribution in [0.25, 0.3) is 11.0 Å². The van der Waals surface area contributed by atoms with E-state index < -0.39 is 0 Å². The molecule has 3 aromatic rings. The van der Waals surface area contributed by atoms with Crippen LogP contribution in [-0.2, 0) is 0 Å². The van der Waals surface area contributed by atoms with Crippen molar-refractivity contribution in [2.75, 3.05) is 17.2 Å². The molecule has 0 aliphatic carbocycles. The van der Waals surface area contributed by atoms with Crippen LogP contribution < -0.4 is 4.90 Å². The number of benzene rings is 1. The van der Waals surface area contributed by atoms with Crippen LogP contribution in [0.1, 0.15) is 16.8 Å². The molecule has 5 nitrogen and oxygen atoms in total. The van der Waals surface area contributed by atoms with Crippen molar-refractivity contribution in [3.8, 4) is 0 Å². The number of para-hydroxylation sites is 1. The smallest absolute Gasteiger partial charge is 0.280 e. The number of rotatable bonds is 2. The lowest BCUT2D eigenvalue weighted by molar-refractivity contribution is 0.100. The Morgan fingerprint density at radius 2 is 2.08 bits per heavy atom. The van der Waals surface area contributed by atoms with Gasteiger partial charge in [-0.05, 0) is 30.7 Å². The van der Waals surface area contributed by atoms with Crippen LogP contribution in [0.5, 0.6) is 0 Å². The molecular weight excluding hydrogens is 320 g/mol. The van der Waals surface area contributed by atoms with Crippen molar-refractivity contribution in [1.29, 1.82) is 0 Å². The minimum atomic E-state index is -0.229. The number of anilines is 1. The van der Waals surface area contributed by atoms with Gasteiger partial charge in [0.1, 0.15) is 5.65 Å². The van der Waals surface area contributed by atoms with Crippen LogP contribution in [-0.4, -0.2) is 33.3 Å². The number of thioether (sulfide) groups is 1. The van der Waals surface area contributed by atoms with E-state index in [1.807, 2.05) is 36.4 Å². The van der Waals surface area contributed by atoms with Crippen molar-refractivity contribution in [1.82, 2.24) is 9.97 Å². The third-order valence-electron chi connectivity index (χ3n) is 3.94. The topological polar surface area (TPSA) is 61.4 Å². The summed E-state index contributed by atoms with van der Waals surface area (Å²) in [5.41, 5.74) is 2.35. The molecule has 4 rings (SSSR count). The number of hydrogen-bond acceptors (Lipinski definition) is 3. The van der Waals surface area contributed by atoms with Crippen LogP contribution in [0.2, 0.25) is 0 Å². The third kappa shape index (κ3) is 2.80. The molecule has 1 N–H and O–H groups in total. The van der Waals surface area contributed by atoms with Crippen LogP contribution in [0.15, 0.2) is 59.9 Å². The van der Waals surface area contributed by atoms with Gasteiger partial charge in [-0.1, -0.05) is 30.0 Å². The molecule has 0 radical (unpaired) electrons. The Kier molecular flexibility index (Phi) is 4.04. The molecule has 24 heavy (non-hydrogen) atoms. The number of hydrogen-bond donors (Lipinski definition) is 1. The second-order valence-electron chi connectivity index (χ2n) is 5.49. The van der Waals surface area contributed by atoms with E-state index >= 15 is 0 Å². The van der Waals surface area contributed by atoms with Crippen molar-refractivity contribution < 1.29 is 4.79 Å². The number of nitrogens with zero attached hydrogens (tertiary/aromatic N) is 3. The number of aliphatic imine (C=N–C) groups is 1. The standard InChI is InChI=1S/C18H16N4OS/c23-17(15-8-10-20-16-14(15)7-9-19-16)21-18-22(11-4-12-24-18)13-5-2-1-3-6-13/h1-3,5-10H,4,11-12H2,(H,19,20). The molecule has 0 atom stereocenters. The van der Waals surface area contributed by atoms with Crippen molar-refractivity contribution in [2.45, 2.75) is 6.42 Å². The Hall–Kier alpha value is -2.60. The average molecular weight is 336 g/mol. The highest BCUT2D eigenvalue weighted by molar-refractivity contribution is 8.14. The number of aromatic nitrogens is 2. The predicted molar refractivity (Wildman–Crippen MR) is 98.7 cm³/mol. The monoisotopic (exact) mass is 336 g/mol. The van der Waals surface area contributed by atoms with Gasteiger partial charge >= 0.3 is 0 Å². The largest absolute Gasteiger partial charge is 0.346 e. The zero-order valence-electron chi connectivity index (χ0n) is 13.0. The molecule has 6 heteroatoms. The fraction of sp³-hybridized carbons (Fsp3) is 0.167. The molecule has 1 fully saturated rings. The molecule has 1 saturated heterocycles. The van der Waals surface area contributed by atoms with Crippen molar-refractivity contribution in [3.63, 3.8) is 0 Å². The van der Waals surface area contributed by atoms with E-state index in [2.05, 4.69) is 19.9 Å². The molecule has 120 valence electrons. The highest BCUT2D eigenvalue weighted by atomic mass is 32.2. The summed E-state index contributed by atoms with van der Waals surface area (Å²) in [7, 11) is 0. The maximum absolute atomic E-state index is 12.7. The summed E-state index contributed by atoms with van der Waals surface area (Å²) < 4.78 is 0. The van der Waals surface area contributed by atoms with E-state index in [4.69, 9.17) is 0 Å². The molecule has 2 aromatic heterocycles. The quantitative estimate of drug-likeness (QED) is 0.775. The van der Waals surface area contributed by atoms with E-state index in [-0.39, 0.29) is 5.91 Å². The lowest BCUT2D eigenvalue weighted by Gasteiger charge is -2.29. The summed E-state index contributed by atoms with van der Waals surface area (Å²) in [6, 6.07) is 13.7. The van der Waals surface area contributed by atoms with Gasteiger partial charge < -0.3 is 9.88 Å². The van der Waals surface area contributed by atoms with Gasteiger partial charge in [-0.15, -0.1) is 0 Å². The minimum absolute atomic E-state index is 0.229. The molecule has 1 aromatic carbocycles. The third-order valence-corrected chi connectivity index (χ3v) is 5.01. The Bertz CT molecular complexity index is 904. The number of amides is 1. The van der Waals surface area contributed by atoms with Gasteiger partial charge in [0.15, 0.2) is 5.17 Å². The maximum Gasteiger partial charge on any atom is 0.280 e. The first kappa shape index (κ1) is 15.0. The van der Waals surface area contributed by atoms with Crippen molar-refractivity contribution in [3.05, 3.63) is 60.4 Å². The molecular formula is C18H16N4OS.